The van der Waals surface area contributed by atoms with Crippen molar-refractivity contribution in [1.82, 2.24) is 9.88 Å². The standard InChI is InChI=1S/C16H27N3O2/c1-12(2)19-6-7-20-16(10-19)11-21-15-5-4-14(18-9-15)8-13(3)17/h4-5,9,12-13,16H,6-8,10-11,17H2,1-3H3. The molecule has 21 heavy (non-hydrogen) atoms. The summed E-state index contributed by atoms with van der Waals surface area (Å²) in [4.78, 5) is 6.79. The molecule has 1 aromatic heterocycles. The van der Waals surface area contributed by atoms with Crippen LogP contribution in [-0.2, 0) is 11.2 Å². The van der Waals surface area contributed by atoms with Gasteiger partial charge in [-0.25, -0.2) is 0 Å². The van der Waals surface area contributed by atoms with Crippen LogP contribution in [-0.4, -0.2) is 54.4 Å². The fourth-order valence-corrected chi connectivity index (χ4v) is 2.45. The molecule has 0 saturated carbocycles. The van der Waals surface area contributed by atoms with Gasteiger partial charge < -0.3 is 15.2 Å². The lowest BCUT2D eigenvalue weighted by Gasteiger charge is -2.35. The topological polar surface area (TPSA) is 60.6 Å². The van der Waals surface area contributed by atoms with Crippen LogP contribution < -0.4 is 10.5 Å². The van der Waals surface area contributed by atoms with E-state index >= 15 is 0 Å². The SMILES string of the molecule is CC(N)Cc1ccc(OCC2CN(C(C)C)CCO2)cn1. The number of nitrogens with two attached hydrogens (primary N) is 1. The number of pyridine rings is 1. The van der Waals surface area contributed by atoms with E-state index < -0.39 is 0 Å². The molecule has 2 heterocycles. The van der Waals surface area contributed by atoms with E-state index in [1.807, 2.05) is 19.1 Å². The Hall–Kier alpha value is -1.17. The predicted octanol–water partition coefficient (Wildman–Crippen LogP) is 1.46. The summed E-state index contributed by atoms with van der Waals surface area (Å²) in [6.07, 6.45) is 2.68. The molecule has 0 radical (unpaired) electrons. The van der Waals surface area contributed by atoms with Crippen molar-refractivity contribution in [3.05, 3.63) is 24.0 Å². The van der Waals surface area contributed by atoms with Gasteiger partial charge in [-0.05, 0) is 32.9 Å². The van der Waals surface area contributed by atoms with Gasteiger partial charge in [-0.1, -0.05) is 0 Å². The zero-order chi connectivity index (χ0) is 15.2. The van der Waals surface area contributed by atoms with Crippen LogP contribution in [0, 0.1) is 0 Å². The third-order valence-corrected chi connectivity index (χ3v) is 3.67. The Morgan fingerprint density at radius 3 is 2.86 bits per heavy atom. The largest absolute Gasteiger partial charge is 0.489 e. The zero-order valence-corrected chi connectivity index (χ0v) is 13.3. The van der Waals surface area contributed by atoms with Crippen LogP contribution in [0.4, 0.5) is 0 Å². The molecule has 1 aromatic rings. The minimum atomic E-state index is 0.127. The molecule has 1 saturated heterocycles. The second-order valence-electron chi connectivity index (χ2n) is 6.06. The Morgan fingerprint density at radius 1 is 1.43 bits per heavy atom. The van der Waals surface area contributed by atoms with E-state index in [9.17, 15) is 0 Å². The van der Waals surface area contributed by atoms with Crippen LogP contribution in [0.2, 0.25) is 0 Å². The van der Waals surface area contributed by atoms with Crippen LogP contribution in [0.3, 0.4) is 0 Å². The third kappa shape index (κ3) is 5.26. The summed E-state index contributed by atoms with van der Waals surface area (Å²) in [5.74, 6) is 0.786. The van der Waals surface area contributed by atoms with Gasteiger partial charge in [0.05, 0.1) is 12.8 Å². The van der Waals surface area contributed by atoms with Gasteiger partial charge in [-0.3, -0.25) is 9.88 Å². The number of rotatable bonds is 6. The highest BCUT2D eigenvalue weighted by atomic mass is 16.5. The summed E-state index contributed by atoms with van der Waals surface area (Å²) in [5, 5.41) is 0. The quantitative estimate of drug-likeness (QED) is 0.860. The first-order valence-electron chi connectivity index (χ1n) is 7.73. The van der Waals surface area contributed by atoms with Gasteiger partial charge in [0, 0.05) is 37.3 Å². The Kier molecular flexibility index (Phi) is 5.96. The Labute approximate surface area is 127 Å². The van der Waals surface area contributed by atoms with Crippen molar-refractivity contribution in [3.63, 3.8) is 0 Å². The molecule has 2 atom stereocenters. The first-order valence-corrected chi connectivity index (χ1v) is 7.73. The van der Waals surface area contributed by atoms with E-state index in [4.69, 9.17) is 15.2 Å². The van der Waals surface area contributed by atoms with Crippen molar-refractivity contribution in [2.45, 2.75) is 45.4 Å². The van der Waals surface area contributed by atoms with Gasteiger partial charge in [0.15, 0.2) is 0 Å². The van der Waals surface area contributed by atoms with E-state index in [-0.39, 0.29) is 12.1 Å². The minimum absolute atomic E-state index is 0.127. The molecule has 2 rings (SSSR count). The number of nitrogens with zero attached hydrogens (tertiary/aromatic N) is 2. The summed E-state index contributed by atoms with van der Waals surface area (Å²) in [7, 11) is 0. The van der Waals surface area contributed by atoms with E-state index in [0.717, 1.165) is 37.6 Å². The maximum atomic E-state index is 5.79. The summed E-state index contributed by atoms with van der Waals surface area (Å²) < 4.78 is 11.5. The van der Waals surface area contributed by atoms with Crippen LogP contribution in [0.1, 0.15) is 26.5 Å². The Bertz CT molecular complexity index is 420. The fourth-order valence-electron chi connectivity index (χ4n) is 2.45. The van der Waals surface area contributed by atoms with Gasteiger partial charge in [0.25, 0.3) is 0 Å². The number of morpholine rings is 1. The van der Waals surface area contributed by atoms with Gasteiger partial charge in [0.1, 0.15) is 18.5 Å². The summed E-state index contributed by atoms with van der Waals surface area (Å²) in [6, 6.07) is 4.60. The van der Waals surface area contributed by atoms with Crippen LogP contribution in [0.15, 0.2) is 18.3 Å². The van der Waals surface area contributed by atoms with Crippen molar-refractivity contribution in [1.29, 1.82) is 0 Å². The maximum absolute atomic E-state index is 5.79. The number of ether oxygens (including phenoxy) is 2. The number of hydrogen-bond acceptors (Lipinski definition) is 5. The smallest absolute Gasteiger partial charge is 0.137 e. The molecule has 5 heteroatoms. The molecule has 1 fully saturated rings. The van der Waals surface area contributed by atoms with E-state index in [0.29, 0.717) is 12.6 Å². The normalized spacial score (nSPS) is 21.5. The van der Waals surface area contributed by atoms with Crippen molar-refractivity contribution >= 4 is 0 Å². The van der Waals surface area contributed by atoms with Gasteiger partial charge in [-0.15, -0.1) is 0 Å². The average molecular weight is 293 g/mol. The van der Waals surface area contributed by atoms with Gasteiger partial charge >= 0.3 is 0 Å². The molecule has 0 bridgehead atoms. The van der Waals surface area contributed by atoms with Crippen molar-refractivity contribution < 1.29 is 9.47 Å². The molecule has 1 aliphatic rings. The molecule has 0 spiro atoms. The fraction of sp³-hybridized carbons (Fsp3) is 0.688. The number of aromatic nitrogens is 1. The second-order valence-corrected chi connectivity index (χ2v) is 6.06. The molecule has 0 amide bonds. The monoisotopic (exact) mass is 293 g/mol. The summed E-state index contributed by atoms with van der Waals surface area (Å²) in [6.45, 7) is 9.67. The van der Waals surface area contributed by atoms with E-state index in [1.54, 1.807) is 6.20 Å². The van der Waals surface area contributed by atoms with Gasteiger partial charge in [0.2, 0.25) is 0 Å². The molecule has 2 unspecified atom stereocenters. The van der Waals surface area contributed by atoms with Gasteiger partial charge in [-0.2, -0.15) is 0 Å². The van der Waals surface area contributed by atoms with Crippen molar-refractivity contribution in [2.75, 3.05) is 26.3 Å². The van der Waals surface area contributed by atoms with E-state index in [1.165, 1.54) is 0 Å². The number of hydrogen-bond donors (Lipinski definition) is 1. The lowest BCUT2D eigenvalue weighted by Crippen LogP contribution is -2.47. The Morgan fingerprint density at radius 2 is 2.24 bits per heavy atom. The Balaban J connectivity index is 1.80. The maximum Gasteiger partial charge on any atom is 0.137 e. The molecule has 1 aliphatic heterocycles. The minimum Gasteiger partial charge on any atom is -0.489 e. The van der Waals surface area contributed by atoms with Crippen molar-refractivity contribution in [3.8, 4) is 5.75 Å². The third-order valence-electron chi connectivity index (χ3n) is 3.67. The molecular formula is C16H27N3O2. The van der Waals surface area contributed by atoms with Crippen LogP contribution >= 0.6 is 0 Å². The lowest BCUT2D eigenvalue weighted by atomic mass is 10.2. The summed E-state index contributed by atoms with van der Waals surface area (Å²) in [5.41, 5.74) is 6.76. The van der Waals surface area contributed by atoms with Crippen LogP contribution in [0.25, 0.3) is 0 Å². The molecule has 5 nitrogen and oxygen atoms in total. The summed E-state index contributed by atoms with van der Waals surface area (Å²) >= 11 is 0. The molecule has 0 aromatic carbocycles. The second kappa shape index (κ2) is 7.73. The molecule has 2 N–H and O–H groups in total. The van der Waals surface area contributed by atoms with E-state index in [2.05, 4.69) is 23.7 Å². The van der Waals surface area contributed by atoms with Crippen molar-refractivity contribution in [2.24, 2.45) is 5.73 Å². The molecule has 118 valence electrons. The highest BCUT2D eigenvalue weighted by molar-refractivity contribution is 5.20. The first-order chi connectivity index (χ1) is 10.0. The molecule has 0 aliphatic carbocycles. The van der Waals surface area contributed by atoms with Crippen LogP contribution in [0.5, 0.6) is 5.75 Å². The highest BCUT2D eigenvalue weighted by Crippen LogP contribution is 2.13. The lowest BCUT2D eigenvalue weighted by molar-refractivity contribution is -0.0564. The first kappa shape index (κ1) is 16.2. The predicted molar refractivity (Wildman–Crippen MR) is 83.5 cm³/mol. The zero-order valence-electron chi connectivity index (χ0n) is 13.3. The average Bonchev–Trinajstić information content (AvgIpc) is 2.46. The molecular weight excluding hydrogens is 266 g/mol. The highest BCUT2D eigenvalue weighted by Gasteiger charge is 2.22.